The minimum absolute atomic E-state index is 0.0177. The van der Waals surface area contributed by atoms with Gasteiger partial charge in [-0.1, -0.05) is 27.7 Å². The molecule has 3 saturated heterocycles. The Morgan fingerprint density at radius 1 is 0.755 bits per heavy atom. The number of rotatable bonds is 9. The van der Waals surface area contributed by atoms with Crippen molar-refractivity contribution in [2.75, 3.05) is 13.2 Å². The van der Waals surface area contributed by atoms with E-state index in [4.69, 9.17) is 18.9 Å². The summed E-state index contributed by atoms with van der Waals surface area (Å²) < 4.78 is 24.1. The lowest BCUT2D eigenvalue weighted by Gasteiger charge is -2.61. The molecule has 7 fully saturated rings. The predicted octanol–water partition coefficient (Wildman–Crippen LogP) is -0.217. The molecule has 0 aromatic carbocycles. The lowest BCUT2D eigenvalue weighted by molar-refractivity contribution is -0.316. The van der Waals surface area contributed by atoms with Gasteiger partial charge in [-0.25, -0.2) is 0 Å². The molecule has 10 N–H and O–H groups in total. The van der Waals surface area contributed by atoms with Crippen molar-refractivity contribution in [3.8, 4) is 0 Å². The van der Waals surface area contributed by atoms with Crippen LogP contribution in [-0.2, 0) is 18.9 Å². The van der Waals surface area contributed by atoms with Gasteiger partial charge in [-0.2, -0.15) is 0 Å². The minimum atomic E-state index is -1.56. The van der Waals surface area contributed by atoms with Crippen molar-refractivity contribution in [1.29, 1.82) is 0 Å². The molecule has 0 bridgehead atoms. The van der Waals surface area contributed by atoms with Crippen molar-refractivity contribution in [1.82, 2.24) is 0 Å². The Kier molecular flexibility index (Phi) is 11.5. The summed E-state index contributed by atoms with van der Waals surface area (Å²) in [4.78, 5) is 0. The van der Waals surface area contributed by atoms with Crippen LogP contribution in [0.2, 0.25) is 0 Å². The SMILES string of the molecule is C[C@@H](CCC1(O)O[C@H]2C[C@H]3[C@@H]4CC[C@@H]5C[C@@H](O[C@@H]6O[C@H](CO)[C@H](O)[C@H](O)[C@H]6O)CC[C@]5(C)[C@H]4CC[C@]3(C)[C@H]2[C@@H]1C)C(O)[C@@H]1O[C@H](CO)[C@H](O)[C@H](O)[C@H]1O. The summed E-state index contributed by atoms with van der Waals surface area (Å²) in [6.45, 7) is 7.70. The van der Waals surface area contributed by atoms with Crippen LogP contribution in [-0.4, -0.2) is 150 Å². The van der Waals surface area contributed by atoms with E-state index in [0.29, 0.717) is 30.1 Å². The summed E-state index contributed by atoms with van der Waals surface area (Å²) in [6, 6.07) is 0. The summed E-state index contributed by atoms with van der Waals surface area (Å²) in [5.74, 6) is 0.298. The van der Waals surface area contributed by atoms with Crippen LogP contribution in [0.4, 0.5) is 0 Å². The van der Waals surface area contributed by atoms with Crippen LogP contribution < -0.4 is 0 Å². The topological polar surface area (TPSA) is 239 Å². The molecule has 3 heterocycles. The summed E-state index contributed by atoms with van der Waals surface area (Å²) in [5.41, 5.74) is 0.159. The summed E-state index contributed by atoms with van der Waals surface area (Å²) >= 11 is 0. The zero-order valence-corrected chi connectivity index (χ0v) is 31.6. The van der Waals surface area contributed by atoms with Crippen LogP contribution in [0.15, 0.2) is 0 Å². The van der Waals surface area contributed by atoms with E-state index in [-0.39, 0.29) is 41.3 Å². The van der Waals surface area contributed by atoms with Crippen LogP contribution in [0.3, 0.4) is 0 Å². The highest BCUT2D eigenvalue weighted by Crippen LogP contribution is 2.71. The number of ether oxygens (including phenoxy) is 4. The van der Waals surface area contributed by atoms with Gasteiger partial charge < -0.3 is 70.0 Å². The third-order valence-corrected chi connectivity index (χ3v) is 16.3. The van der Waals surface area contributed by atoms with E-state index in [2.05, 4.69) is 20.8 Å². The Hall–Kier alpha value is -0.560. The number of hydrogen-bond donors (Lipinski definition) is 10. The maximum absolute atomic E-state index is 12.0. The lowest BCUT2D eigenvalue weighted by atomic mass is 9.44. The Bertz CT molecular complexity index is 1270. The zero-order valence-electron chi connectivity index (χ0n) is 31.6. The van der Waals surface area contributed by atoms with Gasteiger partial charge in [0, 0.05) is 12.3 Å². The van der Waals surface area contributed by atoms with E-state index in [0.717, 1.165) is 51.4 Å². The van der Waals surface area contributed by atoms with Gasteiger partial charge >= 0.3 is 0 Å². The van der Waals surface area contributed by atoms with Gasteiger partial charge in [0.1, 0.15) is 54.9 Å². The van der Waals surface area contributed by atoms with E-state index in [1.54, 1.807) is 6.92 Å². The normalized spacial score (nSPS) is 56.5. The first-order valence-electron chi connectivity index (χ1n) is 20.3. The van der Waals surface area contributed by atoms with Crippen LogP contribution >= 0.6 is 0 Å². The molecule has 4 aliphatic carbocycles. The predicted molar refractivity (Wildman–Crippen MR) is 186 cm³/mol. The van der Waals surface area contributed by atoms with Crippen molar-refractivity contribution < 1.29 is 70.0 Å². The van der Waals surface area contributed by atoms with E-state index in [1.807, 2.05) is 0 Å². The third kappa shape index (κ3) is 6.66. The van der Waals surface area contributed by atoms with Gasteiger partial charge in [0.05, 0.1) is 31.5 Å². The molecular weight excluding hydrogens is 692 g/mol. The van der Waals surface area contributed by atoms with Crippen molar-refractivity contribution in [3.63, 3.8) is 0 Å². The van der Waals surface area contributed by atoms with Gasteiger partial charge in [0.25, 0.3) is 0 Å². The average Bonchev–Trinajstić information content (AvgIpc) is 3.57. The van der Waals surface area contributed by atoms with E-state index >= 15 is 0 Å². The smallest absolute Gasteiger partial charge is 0.186 e. The first-order valence-corrected chi connectivity index (χ1v) is 20.3. The molecule has 7 rings (SSSR count). The molecule has 2 unspecified atom stereocenters. The lowest BCUT2D eigenvalue weighted by Crippen LogP contribution is -2.62. The molecule has 53 heavy (non-hydrogen) atoms. The standard InChI is InChI=1S/C39H66O14/c1-17(28(42)35-33(47)31(45)29(43)25(15-40)51-35)7-12-39(49)18(2)27-24(53-39)14-23-21-6-5-19-13-20(8-10-37(19,3)22(21)9-11-38(23,27)4)50-36-34(48)32(46)30(44)26(16-41)52-36/h17-36,40-49H,5-16H2,1-4H3/t17-,18-,19+,20-,21+,22-,23-,24-,25+,26+,27-,28?,29-,30-,31-,32-,33+,34+,35-,36+,37-,38-,39?/m0/s1. The summed E-state index contributed by atoms with van der Waals surface area (Å²) in [6.07, 6.45) is -6.15. The van der Waals surface area contributed by atoms with Gasteiger partial charge in [0.15, 0.2) is 12.1 Å². The molecule has 14 nitrogen and oxygen atoms in total. The molecule has 3 aliphatic heterocycles. The highest BCUT2D eigenvalue weighted by molar-refractivity contribution is 5.15. The largest absolute Gasteiger partial charge is 0.394 e. The fraction of sp³-hybridized carbons (Fsp3) is 1.00. The zero-order chi connectivity index (χ0) is 38.4. The van der Waals surface area contributed by atoms with Gasteiger partial charge in [-0.3, -0.25) is 0 Å². The molecule has 0 aromatic heterocycles. The highest BCUT2D eigenvalue weighted by Gasteiger charge is 2.68. The summed E-state index contributed by atoms with van der Waals surface area (Å²) in [7, 11) is 0. The number of fused-ring (bicyclic) bond motifs is 7. The number of hydrogen-bond acceptors (Lipinski definition) is 14. The van der Waals surface area contributed by atoms with Crippen LogP contribution in [0.1, 0.15) is 91.9 Å². The first kappa shape index (κ1) is 40.6. The first-order chi connectivity index (χ1) is 25.0. The Morgan fingerprint density at radius 2 is 1.40 bits per heavy atom. The third-order valence-electron chi connectivity index (χ3n) is 16.3. The van der Waals surface area contributed by atoms with E-state index in [1.165, 1.54) is 0 Å². The molecule has 0 spiro atoms. The fourth-order valence-electron chi connectivity index (χ4n) is 13.0. The van der Waals surface area contributed by atoms with E-state index in [9.17, 15) is 51.1 Å². The van der Waals surface area contributed by atoms with Crippen molar-refractivity contribution >= 4 is 0 Å². The molecule has 0 aromatic rings. The maximum Gasteiger partial charge on any atom is 0.186 e. The van der Waals surface area contributed by atoms with Crippen molar-refractivity contribution in [2.45, 2.75) is 177 Å². The van der Waals surface area contributed by atoms with Crippen molar-refractivity contribution in [2.24, 2.45) is 52.3 Å². The summed E-state index contributed by atoms with van der Waals surface area (Å²) in [5, 5.41) is 104. The number of aliphatic hydroxyl groups is 10. The Balaban J connectivity index is 0.961. The van der Waals surface area contributed by atoms with Crippen LogP contribution in [0.25, 0.3) is 0 Å². The fourth-order valence-corrected chi connectivity index (χ4v) is 13.0. The monoisotopic (exact) mass is 758 g/mol. The average molecular weight is 759 g/mol. The van der Waals surface area contributed by atoms with Crippen LogP contribution in [0, 0.1) is 52.3 Å². The Morgan fingerprint density at radius 3 is 2.08 bits per heavy atom. The molecule has 7 aliphatic rings. The molecule has 4 saturated carbocycles. The minimum Gasteiger partial charge on any atom is -0.394 e. The highest BCUT2D eigenvalue weighted by atomic mass is 16.7. The molecule has 0 radical (unpaired) electrons. The van der Waals surface area contributed by atoms with Gasteiger partial charge in [-0.15, -0.1) is 0 Å². The molecule has 306 valence electrons. The Labute approximate surface area is 312 Å². The molecule has 0 amide bonds. The second-order valence-electron chi connectivity index (χ2n) is 18.8. The van der Waals surface area contributed by atoms with Crippen LogP contribution in [0.5, 0.6) is 0 Å². The van der Waals surface area contributed by atoms with Gasteiger partial charge in [-0.05, 0) is 104 Å². The molecular formula is C39H66O14. The second-order valence-corrected chi connectivity index (χ2v) is 18.8. The number of aliphatic hydroxyl groups excluding tert-OH is 9. The molecule has 23 atom stereocenters. The molecule has 14 heteroatoms. The van der Waals surface area contributed by atoms with Gasteiger partial charge in [0.2, 0.25) is 0 Å². The van der Waals surface area contributed by atoms with E-state index < -0.39 is 92.2 Å². The second kappa shape index (κ2) is 15.0. The maximum atomic E-state index is 12.0. The van der Waals surface area contributed by atoms with Crippen molar-refractivity contribution in [3.05, 3.63) is 0 Å². The quantitative estimate of drug-likeness (QED) is 0.137.